The van der Waals surface area contributed by atoms with E-state index in [9.17, 15) is 173 Å². The molecule has 10 aliphatic rings. The van der Waals surface area contributed by atoms with E-state index >= 15 is 0 Å². The first kappa shape index (κ1) is 108. The summed E-state index contributed by atoms with van der Waals surface area (Å²) in [5.74, 6) is -4.00. The highest BCUT2D eigenvalue weighted by atomic mass is 32.3. The molecule has 4 amide bonds. The second kappa shape index (κ2) is 46.1. The van der Waals surface area contributed by atoms with Crippen molar-refractivity contribution in [3.63, 3.8) is 0 Å². The Morgan fingerprint density at radius 2 is 0.531 bits per heavy atom. The van der Waals surface area contributed by atoms with E-state index in [1.54, 1.807) is 0 Å². The Labute approximate surface area is 735 Å². The van der Waals surface area contributed by atoms with Gasteiger partial charge in [-0.1, -0.05) is 0 Å². The first-order valence-corrected chi connectivity index (χ1v) is 43.0. The SMILES string of the molecule is CC(=O)N[C@@H]1[C@@H](O)[C@H](O[C@@H]2O[C@H](CO)[C@@H](O[C@@H]3O[C@H](CO[C@H]4O[C@H](CO)[C@@H](O)[C@H](O)[C@@H]4O[C@@H]4O[C@H](CO)[C@@H](O[C@@H]5O[C@H](CO)[C@H](O)[C@H](OS(=O)(=O)O)[C@H]5O)[C@H](O)[C@H]4NC(C)=O)[C@@H](O)[C@H](O[C@H]4O[C@H](CO)[C@@H](O)[C@H](O)[C@@H]4O[C@@H]4O[C@H](CO)[C@@H](O[C@@H]5O[C@H](CO)[C@H](O)[C@H](OS(=O)(=O)O)[C@H]5O)[C@H](O)[C@H]4NC(C)=O)[C@@H]3O)[C@H](O)[C@H]2NC(C)=O)[C@@H](CO[C@@H]2O[C@@H](C)[C@@H](O)[C@@H](O)[C@@H]2O)O[C@H]1O. The number of hydrogen-bond acceptors (Lipinski definition) is 54. The van der Waals surface area contributed by atoms with E-state index in [4.69, 9.17) is 90.0 Å². The number of aliphatic hydroxyl groups excluding tert-OH is 25. The predicted octanol–water partition coefficient (Wildman–Crippen LogP) is -21.5. The van der Waals surface area contributed by atoms with Crippen LogP contribution in [0.2, 0.25) is 0 Å². The highest BCUT2D eigenvalue weighted by Crippen LogP contribution is 2.41. The summed E-state index contributed by atoms with van der Waals surface area (Å²) in [6.45, 7) is -5.99. The topological polar surface area (TPSA) is 925 Å². The van der Waals surface area contributed by atoms with Crippen LogP contribution in [0.1, 0.15) is 34.6 Å². The standard InChI is InChI=1S/C68H114N4O56S2/c1-15-33(84)43(94)46(97)63(110-15)108-14-28-53(39(90)29(59(101)111-28)69-16(2)80)120-60-30(70-17(3)81)40(91)50(24(10-77)116-60)121-64-47(98)54(124-68-58(45(96)35(86)21(7-74)115-68)126-62-32(72-19(5)83)42(93)52(26(12-79)118-62)123-66-49(100)56(128-130(105,106)107)37(88)23(9-76)113-66)38(89)27(119-64)13-109-67-57(44(95)34(85)20(6-73)114-67)125-61-31(71-18(4)82)41(92)51(25(11-78)117-61)122-65-48(99)55(127-129(102,103)104)36(87)22(8-75)112-65/h15,20-68,73-79,84-101H,6-14H2,1-5H3,(H,69,80)(H,70,81)(H,71,82)(H,72,83)(H,102,103,104)(H,105,106,107)/t15-,20+,21+,22+,23+,24+,25+,26+,27+,28+,29+,30+,31+,32+,33+,34+,35+,36-,37-,38+,39+,40+,41+,42+,43+,44-,45-,46-,47-,48+,49+,50+,51+,52+,53+,54-,55-,56-,57-,58-,59+,60-,61-,62-,63+,64-,65-,66-,67-,68+/m0/s1. The van der Waals surface area contributed by atoms with Gasteiger partial charge >= 0.3 is 20.8 Å². The molecule has 0 aromatic heterocycles. The van der Waals surface area contributed by atoms with Gasteiger partial charge in [-0.25, -0.2) is 8.37 Å². The van der Waals surface area contributed by atoms with E-state index < -0.39 is 411 Å². The highest BCUT2D eigenvalue weighted by molar-refractivity contribution is 7.81. The van der Waals surface area contributed by atoms with Crippen molar-refractivity contribution in [1.29, 1.82) is 0 Å². The fraction of sp³-hybridized carbons (Fsp3) is 0.941. The van der Waals surface area contributed by atoms with Crippen molar-refractivity contribution in [2.75, 3.05) is 59.5 Å². The minimum Gasteiger partial charge on any atom is -0.394 e. The first-order valence-electron chi connectivity index (χ1n) is 40.3. The van der Waals surface area contributed by atoms with Crippen molar-refractivity contribution in [1.82, 2.24) is 21.3 Å². The molecule has 0 aromatic carbocycles. The number of carbonyl (C=O) groups is 4. The number of rotatable bonds is 35. The number of aliphatic hydroxyl groups is 25. The van der Waals surface area contributed by atoms with Gasteiger partial charge < -0.3 is 239 Å². The third-order valence-electron chi connectivity index (χ3n) is 22.8. The van der Waals surface area contributed by atoms with E-state index in [2.05, 4.69) is 29.6 Å². The summed E-state index contributed by atoms with van der Waals surface area (Å²) in [7, 11) is -11.1. The Balaban J connectivity index is 0.990. The Bertz CT molecular complexity index is 3850. The Morgan fingerprint density at radius 1 is 0.254 bits per heavy atom. The van der Waals surface area contributed by atoms with E-state index in [1.807, 2.05) is 0 Å². The maximum atomic E-state index is 13.3. The van der Waals surface area contributed by atoms with Gasteiger partial charge in [-0.15, -0.1) is 0 Å². The zero-order chi connectivity index (χ0) is 96.2. The third kappa shape index (κ3) is 24.9. The summed E-state index contributed by atoms with van der Waals surface area (Å²) in [5, 5.41) is 291. The molecule has 50 atom stereocenters. The van der Waals surface area contributed by atoms with Crippen molar-refractivity contribution in [3.05, 3.63) is 0 Å². The van der Waals surface area contributed by atoms with Crippen molar-refractivity contribution in [2.45, 2.75) is 341 Å². The molecule has 60 nitrogen and oxygen atoms in total. The molecule has 0 bridgehead atoms. The molecule has 10 fully saturated rings. The smallest absolute Gasteiger partial charge is 0.394 e. The summed E-state index contributed by atoms with van der Waals surface area (Å²) in [4.78, 5) is 51.9. The molecule has 0 aliphatic carbocycles. The van der Waals surface area contributed by atoms with Crippen molar-refractivity contribution >= 4 is 44.4 Å². The van der Waals surface area contributed by atoms with Crippen LogP contribution >= 0.6 is 0 Å². The molecule has 10 aliphatic heterocycles. The zero-order valence-electron chi connectivity index (χ0n) is 69.0. The van der Waals surface area contributed by atoms with Gasteiger partial charge in [-0.2, -0.15) is 16.8 Å². The largest absolute Gasteiger partial charge is 0.397 e. The first-order chi connectivity index (χ1) is 61.0. The lowest BCUT2D eigenvalue weighted by Crippen LogP contribution is -2.71. The molecule has 0 spiro atoms. The van der Waals surface area contributed by atoms with E-state index in [-0.39, 0.29) is 0 Å². The lowest BCUT2D eigenvalue weighted by Gasteiger charge is -2.51. The quantitative estimate of drug-likeness (QED) is 0.0262. The number of amides is 4. The maximum Gasteiger partial charge on any atom is 0.397 e. The molecule has 31 N–H and O–H groups in total. The lowest BCUT2D eigenvalue weighted by molar-refractivity contribution is -0.399. The molecule has 62 heteroatoms. The zero-order valence-corrected chi connectivity index (χ0v) is 70.6. The van der Waals surface area contributed by atoms with Crippen LogP contribution in [0.25, 0.3) is 0 Å². The van der Waals surface area contributed by atoms with Gasteiger partial charge in [0.25, 0.3) is 0 Å². The summed E-state index contributed by atoms with van der Waals surface area (Å²) in [6.07, 6.45) is -101. The summed E-state index contributed by atoms with van der Waals surface area (Å²) < 4.78 is 188. The van der Waals surface area contributed by atoms with Crippen LogP contribution in [-0.2, 0) is 138 Å². The van der Waals surface area contributed by atoms with Crippen LogP contribution in [0.15, 0.2) is 0 Å². The Hall–Kier alpha value is -4.14. The predicted molar refractivity (Wildman–Crippen MR) is 395 cm³/mol. The van der Waals surface area contributed by atoms with Crippen molar-refractivity contribution in [3.8, 4) is 0 Å². The van der Waals surface area contributed by atoms with Gasteiger partial charge in [0.05, 0.1) is 65.6 Å². The molecule has 754 valence electrons. The van der Waals surface area contributed by atoms with Crippen LogP contribution in [0.5, 0.6) is 0 Å². The monoisotopic (exact) mass is 1950 g/mol. The van der Waals surface area contributed by atoms with Crippen LogP contribution < -0.4 is 21.3 Å². The molecule has 130 heavy (non-hydrogen) atoms. The van der Waals surface area contributed by atoms with Crippen LogP contribution in [-0.4, -0.2) is 544 Å². The van der Waals surface area contributed by atoms with Crippen LogP contribution in [0, 0.1) is 0 Å². The average molecular weight is 1950 g/mol. The van der Waals surface area contributed by atoms with Gasteiger partial charge in [0.2, 0.25) is 23.6 Å². The fourth-order valence-electron chi connectivity index (χ4n) is 16.3. The molecule has 10 rings (SSSR count). The van der Waals surface area contributed by atoms with E-state index in [1.165, 1.54) is 6.92 Å². The molecule has 10 heterocycles. The average Bonchev–Trinajstić information content (AvgIpc) is 0.755. The van der Waals surface area contributed by atoms with Gasteiger partial charge in [-0.3, -0.25) is 28.3 Å². The molecule has 0 radical (unpaired) electrons. The lowest BCUT2D eigenvalue weighted by atomic mass is 9.93. The Kier molecular flexibility index (Phi) is 38.3. The molecule has 0 saturated carbocycles. The van der Waals surface area contributed by atoms with Gasteiger partial charge in [0.1, 0.15) is 238 Å². The van der Waals surface area contributed by atoms with Gasteiger partial charge in [0.15, 0.2) is 62.9 Å². The van der Waals surface area contributed by atoms with Crippen LogP contribution in [0.4, 0.5) is 0 Å². The fourth-order valence-corrected chi connectivity index (χ4v) is 17.3. The molecule has 0 aromatic rings. The van der Waals surface area contributed by atoms with E-state index in [0.717, 1.165) is 27.7 Å². The van der Waals surface area contributed by atoms with Crippen molar-refractivity contribution in [2.24, 2.45) is 0 Å². The third-order valence-corrected chi connectivity index (χ3v) is 23.8. The summed E-state index contributed by atoms with van der Waals surface area (Å²) in [5.41, 5.74) is 0. The van der Waals surface area contributed by atoms with E-state index in [0.29, 0.717) is 0 Å². The highest BCUT2D eigenvalue weighted by Gasteiger charge is 2.62. The van der Waals surface area contributed by atoms with Gasteiger partial charge in [0, 0.05) is 27.7 Å². The second-order valence-corrected chi connectivity index (χ2v) is 34.1. The molecule has 10 saturated heterocycles. The van der Waals surface area contributed by atoms with Crippen molar-refractivity contribution < 1.29 is 271 Å². The Morgan fingerprint density at radius 3 is 0.908 bits per heavy atom. The minimum absolute atomic E-state index is 0.855. The number of nitrogens with one attached hydrogen (secondary N) is 4. The van der Waals surface area contributed by atoms with Gasteiger partial charge in [-0.05, 0) is 6.92 Å². The number of hydrogen-bond donors (Lipinski definition) is 31. The minimum atomic E-state index is -5.54. The maximum absolute atomic E-state index is 13.3. The molecule has 0 unspecified atom stereocenters. The summed E-state index contributed by atoms with van der Waals surface area (Å²) in [6, 6.07) is -8.04. The normalized spacial score (nSPS) is 47.6. The number of carbonyl (C=O) groups excluding carboxylic acids is 4. The number of ether oxygens (including phenoxy) is 19. The van der Waals surface area contributed by atoms with Crippen LogP contribution in [0.3, 0.4) is 0 Å². The second-order valence-electron chi connectivity index (χ2n) is 32.0. The molecular weight excluding hydrogens is 1830 g/mol. The molecular formula is C68H114N4O56S2. The summed E-state index contributed by atoms with van der Waals surface area (Å²) >= 11 is 0.